The molecule has 14 heavy (non-hydrogen) atoms. The van der Waals surface area contributed by atoms with Gasteiger partial charge in [-0.3, -0.25) is 4.79 Å². The summed E-state index contributed by atoms with van der Waals surface area (Å²) >= 11 is 5.87. The van der Waals surface area contributed by atoms with Crippen molar-refractivity contribution in [2.24, 2.45) is 0 Å². The minimum absolute atomic E-state index is 0.0780. The van der Waals surface area contributed by atoms with Crippen molar-refractivity contribution in [2.45, 2.75) is 13.3 Å². The molecule has 1 aromatic carbocycles. The number of carbonyl (C=O) groups is 1. The summed E-state index contributed by atoms with van der Waals surface area (Å²) in [7, 11) is 1.52. The fourth-order valence-electron chi connectivity index (χ4n) is 1.26. The maximum atomic E-state index is 11.3. The number of hydrogen-bond donors (Lipinski definition) is 0. The van der Waals surface area contributed by atoms with Crippen molar-refractivity contribution in [3.8, 4) is 0 Å². The van der Waals surface area contributed by atoms with Crippen molar-refractivity contribution < 1.29 is 9.53 Å². The Bertz CT molecular complexity index is 334. The maximum Gasteiger partial charge on any atom is 0.162 e. The van der Waals surface area contributed by atoms with Crippen LogP contribution in [-0.4, -0.2) is 19.5 Å². The first-order valence-corrected chi connectivity index (χ1v) is 4.77. The molecule has 0 aromatic heterocycles. The predicted molar refractivity (Wildman–Crippen MR) is 56.8 cm³/mol. The highest BCUT2D eigenvalue weighted by molar-refractivity contribution is 6.31. The number of carbonyl (C=O) groups excluding carboxylic acids is 1. The Kier molecular flexibility index (Phi) is 4.11. The second-order valence-electron chi connectivity index (χ2n) is 3.23. The van der Waals surface area contributed by atoms with Crippen LogP contribution in [0.3, 0.4) is 0 Å². The largest absolute Gasteiger partial charge is 0.377 e. The number of rotatable bonds is 4. The van der Waals surface area contributed by atoms with E-state index in [-0.39, 0.29) is 12.4 Å². The summed E-state index contributed by atoms with van der Waals surface area (Å²) in [4.78, 5) is 11.3. The third-order valence-corrected chi connectivity index (χ3v) is 2.35. The van der Waals surface area contributed by atoms with Crippen LogP contribution in [-0.2, 0) is 16.0 Å². The Morgan fingerprint density at radius 1 is 1.50 bits per heavy atom. The zero-order valence-electron chi connectivity index (χ0n) is 8.34. The number of methoxy groups -OCH3 is 1. The molecule has 0 fully saturated rings. The summed E-state index contributed by atoms with van der Waals surface area (Å²) in [6, 6.07) is 5.60. The molecule has 1 rings (SSSR count). The first-order chi connectivity index (χ1) is 6.63. The maximum absolute atomic E-state index is 11.3. The van der Waals surface area contributed by atoms with Gasteiger partial charge in [-0.15, -0.1) is 0 Å². The minimum atomic E-state index is 0.0780. The Balaban J connectivity index is 2.68. The number of halogens is 1. The molecule has 0 radical (unpaired) electrons. The molecule has 0 saturated carbocycles. The molecule has 0 aliphatic rings. The topological polar surface area (TPSA) is 26.3 Å². The highest BCUT2D eigenvalue weighted by Crippen LogP contribution is 2.16. The molecule has 0 amide bonds. The molecule has 76 valence electrons. The van der Waals surface area contributed by atoms with Crippen molar-refractivity contribution in [1.29, 1.82) is 0 Å². The predicted octanol–water partition coefficient (Wildman–Crippen LogP) is 2.41. The van der Waals surface area contributed by atoms with Crippen LogP contribution in [0.4, 0.5) is 0 Å². The number of benzene rings is 1. The Morgan fingerprint density at radius 2 is 2.21 bits per heavy atom. The van der Waals surface area contributed by atoms with Crippen molar-refractivity contribution >= 4 is 17.4 Å². The van der Waals surface area contributed by atoms with Gasteiger partial charge < -0.3 is 4.74 Å². The van der Waals surface area contributed by atoms with Crippen molar-refractivity contribution in [3.05, 3.63) is 34.3 Å². The van der Waals surface area contributed by atoms with Gasteiger partial charge >= 0.3 is 0 Å². The molecule has 0 heterocycles. The van der Waals surface area contributed by atoms with Crippen molar-refractivity contribution in [2.75, 3.05) is 13.7 Å². The van der Waals surface area contributed by atoms with E-state index in [0.29, 0.717) is 6.42 Å². The number of aryl methyl sites for hydroxylation is 1. The van der Waals surface area contributed by atoms with Gasteiger partial charge in [-0.2, -0.15) is 0 Å². The van der Waals surface area contributed by atoms with Gasteiger partial charge in [0.05, 0.1) is 0 Å². The highest BCUT2D eigenvalue weighted by atomic mass is 35.5. The molecule has 0 saturated heterocycles. The third kappa shape index (κ3) is 3.13. The molecular formula is C11H13ClO2. The van der Waals surface area contributed by atoms with Crippen LogP contribution in [0.2, 0.25) is 5.02 Å². The van der Waals surface area contributed by atoms with E-state index in [4.69, 9.17) is 16.3 Å². The first-order valence-electron chi connectivity index (χ1n) is 4.39. The summed E-state index contributed by atoms with van der Waals surface area (Å²) in [6.45, 7) is 2.09. The lowest BCUT2D eigenvalue weighted by Crippen LogP contribution is -2.09. The van der Waals surface area contributed by atoms with Crippen LogP contribution in [0.1, 0.15) is 11.1 Å². The summed E-state index contributed by atoms with van der Waals surface area (Å²) in [5.74, 6) is 0.0780. The molecule has 0 aliphatic heterocycles. The number of hydrogen-bond acceptors (Lipinski definition) is 2. The number of ketones is 1. The van der Waals surface area contributed by atoms with E-state index in [1.165, 1.54) is 7.11 Å². The molecule has 3 heteroatoms. The van der Waals surface area contributed by atoms with Crippen LogP contribution in [0, 0.1) is 6.92 Å². The van der Waals surface area contributed by atoms with Gasteiger partial charge in [0, 0.05) is 18.6 Å². The normalized spacial score (nSPS) is 10.2. The van der Waals surface area contributed by atoms with Crippen LogP contribution >= 0.6 is 11.6 Å². The van der Waals surface area contributed by atoms with E-state index in [1.54, 1.807) is 0 Å². The molecule has 2 nitrogen and oxygen atoms in total. The summed E-state index contributed by atoms with van der Waals surface area (Å²) in [5.41, 5.74) is 1.98. The summed E-state index contributed by atoms with van der Waals surface area (Å²) in [5, 5.41) is 0.730. The lowest BCUT2D eigenvalue weighted by Gasteiger charge is -2.03. The SMILES string of the molecule is COCC(=O)Cc1ccc(Cl)c(C)c1. The quantitative estimate of drug-likeness (QED) is 0.766. The van der Waals surface area contributed by atoms with Crippen molar-refractivity contribution in [3.63, 3.8) is 0 Å². The third-order valence-electron chi connectivity index (χ3n) is 1.93. The molecule has 0 bridgehead atoms. The zero-order valence-corrected chi connectivity index (χ0v) is 9.10. The van der Waals surface area contributed by atoms with Crippen LogP contribution < -0.4 is 0 Å². The van der Waals surface area contributed by atoms with Gasteiger partial charge in [-0.25, -0.2) is 0 Å². The lowest BCUT2D eigenvalue weighted by molar-refractivity contribution is -0.121. The van der Waals surface area contributed by atoms with E-state index >= 15 is 0 Å². The lowest BCUT2D eigenvalue weighted by atomic mass is 10.1. The smallest absolute Gasteiger partial charge is 0.162 e. The van der Waals surface area contributed by atoms with E-state index in [0.717, 1.165) is 16.1 Å². The molecule has 0 N–H and O–H groups in total. The van der Waals surface area contributed by atoms with Gasteiger partial charge in [0.25, 0.3) is 0 Å². The van der Waals surface area contributed by atoms with Gasteiger partial charge in [0.2, 0.25) is 0 Å². The number of Topliss-reactive ketones (excluding diaryl/α,β-unsaturated/α-hetero) is 1. The molecular weight excluding hydrogens is 200 g/mol. The van der Waals surface area contributed by atoms with Crippen LogP contribution in [0.5, 0.6) is 0 Å². The van der Waals surface area contributed by atoms with Crippen molar-refractivity contribution in [1.82, 2.24) is 0 Å². The number of ether oxygens (including phenoxy) is 1. The van der Waals surface area contributed by atoms with E-state index in [2.05, 4.69) is 0 Å². The Labute approximate surface area is 88.8 Å². The van der Waals surface area contributed by atoms with Crippen LogP contribution in [0.25, 0.3) is 0 Å². The van der Waals surface area contributed by atoms with Gasteiger partial charge in [-0.05, 0) is 24.1 Å². The van der Waals surface area contributed by atoms with E-state index < -0.39 is 0 Å². The average Bonchev–Trinajstić information content (AvgIpc) is 2.12. The average molecular weight is 213 g/mol. The second kappa shape index (κ2) is 5.13. The molecule has 0 spiro atoms. The van der Waals surface area contributed by atoms with Gasteiger partial charge in [-0.1, -0.05) is 23.7 Å². The standard InChI is InChI=1S/C11H13ClO2/c1-8-5-9(3-4-11(8)12)6-10(13)7-14-2/h3-5H,6-7H2,1-2H3. The fraction of sp³-hybridized carbons (Fsp3) is 0.364. The highest BCUT2D eigenvalue weighted by Gasteiger charge is 2.04. The second-order valence-corrected chi connectivity index (χ2v) is 3.64. The van der Waals surface area contributed by atoms with E-state index in [9.17, 15) is 4.79 Å². The van der Waals surface area contributed by atoms with Crippen LogP contribution in [0.15, 0.2) is 18.2 Å². The summed E-state index contributed by atoms with van der Waals surface area (Å²) < 4.78 is 4.75. The fourth-order valence-corrected chi connectivity index (χ4v) is 1.37. The molecule has 1 aromatic rings. The molecule has 0 aliphatic carbocycles. The Hall–Kier alpha value is -0.860. The van der Waals surface area contributed by atoms with E-state index in [1.807, 2.05) is 25.1 Å². The van der Waals surface area contributed by atoms with Gasteiger partial charge in [0.15, 0.2) is 5.78 Å². The first kappa shape index (κ1) is 11.2. The van der Waals surface area contributed by atoms with Gasteiger partial charge in [0.1, 0.15) is 6.61 Å². The minimum Gasteiger partial charge on any atom is -0.377 e. The summed E-state index contributed by atoms with van der Waals surface area (Å²) in [6.07, 6.45) is 0.409. The molecule has 0 atom stereocenters. The molecule has 0 unspecified atom stereocenters. The zero-order chi connectivity index (χ0) is 10.6. The monoisotopic (exact) mass is 212 g/mol. The Morgan fingerprint density at radius 3 is 2.79 bits per heavy atom.